The van der Waals surface area contributed by atoms with Gasteiger partial charge in [0.2, 0.25) is 0 Å². The highest BCUT2D eigenvalue weighted by atomic mass is 32.2. The molecule has 0 fully saturated rings. The summed E-state index contributed by atoms with van der Waals surface area (Å²) in [5.41, 5.74) is 6.03. The zero-order chi connectivity index (χ0) is 26.9. The van der Waals surface area contributed by atoms with Crippen LogP contribution in [0.3, 0.4) is 0 Å². The van der Waals surface area contributed by atoms with E-state index in [0.717, 1.165) is 47.6 Å². The van der Waals surface area contributed by atoms with Crippen LogP contribution in [0.15, 0.2) is 108 Å². The minimum atomic E-state index is -0.906. The highest BCUT2D eigenvalue weighted by molar-refractivity contribution is 8.13. The molecule has 1 unspecified atom stereocenters. The summed E-state index contributed by atoms with van der Waals surface area (Å²) in [5, 5.41) is 12.3. The topological polar surface area (TPSA) is 43.8 Å². The number of nitrogens with zero attached hydrogens (tertiary/aromatic N) is 2. The van der Waals surface area contributed by atoms with Gasteiger partial charge >= 0.3 is 5.97 Å². The Morgan fingerprint density at radius 2 is 1.29 bits per heavy atom. The normalized spacial score (nSPS) is 12.0. The summed E-state index contributed by atoms with van der Waals surface area (Å²) in [6.45, 7) is 3.61. The van der Waals surface area contributed by atoms with Gasteiger partial charge in [0.25, 0.3) is 0 Å². The molecule has 0 aliphatic heterocycles. The first-order valence-electron chi connectivity index (χ1n) is 13.0. The van der Waals surface area contributed by atoms with Crippen LogP contribution < -0.4 is 4.90 Å². The number of hydrogen-bond acceptors (Lipinski definition) is 3. The summed E-state index contributed by atoms with van der Waals surface area (Å²) in [7, 11) is 3.72. The number of hydrogen-bond donors (Lipinski definition) is 1. The van der Waals surface area contributed by atoms with E-state index in [1.807, 2.05) is 51.4 Å². The van der Waals surface area contributed by atoms with Crippen molar-refractivity contribution in [3.8, 4) is 11.1 Å². The number of carbonyl (C=O) groups is 1. The number of aromatic carboxylic acids is 1. The molecule has 0 saturated carbocycles. The fourth-order valence-electron chi connectivity index (χ4n) is 4.74. The lowest BCUT2D eigenvalue weighted by Gasteiger charge is -2.31. The molecule has 0 aliphatic rings. The zero-order valence-electron chi connectivity index (χ0n) is 22.4. The molecule has 4 nitrogen and oxygen atoms in total. The van der Waals surface area contributed by atoms with E-state index in [1.165, 1.54) is 11.1 Å². The predicted molar refractivity (Wildman–Crippen MR) is 163 cm³/mol. The molecule has 4 rings (SSSR count). The monoisotopic (exact) mass is 524 g/mol. The smallest absolute Gasteiger partial charge is 0.335 e. The van der Waals surface area contributed by atoms with E-state index in [2.05, 4.69) is 87.4 Å². The maximum Gasteiger partial charge on any atom is 0.335 e. The molecule has 5 heteroatoms. The second kappa shape index (κ2) is 13.2. The average Bonchev–Trinajstić information content (AvgIpc) is 2.94. The van der Waals surface area contributed by atoms with Gasteiger partial charge in [-0.3, -0.25) is 4.31 Å². The van der Waals surface area contributed by atoms with Crippen LogP contribution in [0.25, 0.3) is 11.1 Å². The van der Waals surface area contributed by atoms with Crippen LogP contribution >= 0.6 is 10.7 Å². The second-order valence-corrected chi connectivity index (χ2v) is 11.6. The van der Waals surface area contributed by atoms with Crippen molar-refractivity contribution in [3.63, 3.8) is 0 Å². The largest absolute Gasteiger partial charge is 0.478 e. The molecule has 0 aromatic heterocycles. The number of benzene rings is 4. The van der Waals surface area contributed by atoms with E-state index in [1.54, 1.807) is 0 Å². The van der Waals surface area contributed by atoms with Crippen LogP contribution in [0.2, 0.25) is 0 Å². The fourth-order valence-corrected chi connectivity index (χ4v) is 6.49. The van der Waals surface area contributed by atoms with Gasteiger partial charge in [0.15, 0.2) is 0 Å². The van der Waals surface area contributed by atoms with E-state index in [9.17, 15) is 9.90 Å². The van der Waals surface area contributed by atoms with E-state index < -0.39 is 5.97 Å². The van der Waals surface area contributed by atoms with E-state index in [4.69, 9.17) is 0 Å². The molecule has 0 radical (unpaired) electrons. The summed E-state index contributed by atoms with van der Waals surface area (Å²) < 4.78 is 2.16. The molecule has 4 aromatic carbocycles. The molecule has 1 atom stereocenters. The summed E-state index contributed by atoms with van der Waals surface area (Å²) in [5.74, 6) is -0.906. The summed E-state index contributed by atoms with van der Waals surface area (Å²) in [4.78, 5) is 15.8. The van der Waals surface area contributed by atoms with Crippen molar-refractivity contribution in [2.45, 2.75) is 24.7 Å². The van der Waals surface area contributed by atoms with Gasteiger partial charge in [0.1, 0.15) is 0 Å². The lowest BCUT2D eigenvalue weighted by atomic mass is 9.99. The summed E-state index contributed by atoms with van der Waals surface area (Å²) in [6, 6.07) is 35.1. The number of carboxylic acid groups (broad SMARTS) is 1. The van der Waals surface area contributed by atoms with Gasteiger partial charge in [0, 0.05) is 29.2 Å². The lowest BCUT2D eigenvalue weighted by molar-refractivity contribution is 0.0696. The van der Waals surface area contributed by atoms with Crippen LogP contribution in [0.5, 0.6) is 0 Å². The van der Waals surface area contributed by atoms with E-state index in [-0.39, 0.29) is 10.7 Å². The van der Waals surface area contributed by atoms with Gasteiger partial charge in [-0.2, -0.15) is 0 Å². The standard InChI is InChI=1S/C33H36N2O2S/c1-4-38(34(2)3)31-25-29(33(36)37)24-30(32(31)28-18-12-7-13-19-28)35(22-20-26-14-8-5-9-15-26)23-21-27-16-10-6-11-17-27/h4-19,24-25H,20-23H2,1-3H3,(H,36,37). The van der Waals surface area contributed by atoms with Crippen LogP contribution in [-0.4, -0.2) is 47.9 Å². The Hall–Kier alpha value is -3.67. The molecular weight excluding hydrogens is 488 g/mol. The number of anilines is 1. The Morgan fingerprint density at radius 3 is 1.74 bits per heavy atom. The first kappa shape index (κ1) is 27.4. The molecule has 4 aromatic rings. The highest BCUT2D eigenvalue weighted by Crippen LogP contribution is 2.44. The second-order valence-electron chi connectivity index (χ2n) is 9.36. The number of carboxylic acids is 1. The van der Waals surface area contributed by atoms with Crippen molar-refractivity contribution >= 4 is 27.7 Å². The first-order chi connectivity index (χ1) is 18.5. The van der Waals surface area contributed by atoms with Crippen molar-refractivity contribution in [2.24, 2.45) is 0 Å². The Labute approximate surface area is 229 Å². The van der Waals surface area contributed by atoms with Gasteiger partial charge in [-0.25, -0.2) is 4.79 Å². The Balaban J connectivity index is 1.89. The third kappa shape index (κ3) is 6.80. The fraction of sp³-hybridized carbons (Fsp3) is 0.212. The molecule has 196 valence electrons. The molecule has 0 heterocycles. The van der Waals surface area contributed by atoms with Crippen LogP contribution in [0.4, 0.5) is 5.69 Å². The van der Waals surface area contributed by atoms with Gasteiger partial charge in [0.05, 0.1) is 5.56 Å². The van der Waals surface area contributed by atoms with E-state index in [0.29, 0.717) is 5.56 Å². The zero-order valence-corrected chi connectivity index (χ0v) is 23.2. The molecule has 38 heavy (non-hydrogen) atoms. The molecule has 0 saturated heterocycles. The minimum Gasteiger partial charge on any atom is -0.478 e. The van der Waals surface area contributed by atoms with Crippen LogP contribution in [-0.2, 0) is 12.8 Å². The molecule has 0 bridgehead atoms. The third-order valence-electron chi connectivity index (χ3n) is 6.60. The van der Waals surface area contributed by atoms with Crippen molar-refractivity contribution in [2.75, 3.05) is 32.1 Å². The van der Waals surface area contributed by atoms with Crippen molar-refractivity contribution < 1.29 is 9.90 Å². The van der Waals surface area contributed by atoms with Gasteiger partial charge in [-0.1, -0.05) is 102 Å². The molecule has 0 amide bonds. The number of rotatable bonds is 11. The SMILES string of the molecule is C/C=S(/c1cc(C(=O)O)cc(N(CCc2ccccc2)CCc2ccccc2)c1-c1ccccc1)N(C)C. The molecule has 0 aliphatic carbocycles. The summed E-state index contributed by atoms with van der Waals surface area (Å²) in [6.07, 6.45) is 1.74. The van der Waals surface area contributed by atoms with Crippen molar-refractivity contribution in [3.05, 3.63) is 120 Å². The maximum atomic E-state index is 12.4. The first-order valence-corrected chi connectivity index (χ1v) is 14.2. The molecule has 0 spiro atoms. The Bertz CT molecular complexity index is 1330. The van der Waals surface area contributed by atoms with Crippen LogP contribution in [0, 0.1) is 0 Å². The summed E-state index contributed by atoms with van der Waals surface area (Å²) >= 11 is 0. The lowest BCUT2D eigenvalue weighted by Crippen LogP contribution is -2.29. The van der Waals surface area contributed by atoms with Gasteiger partial charge < -0.3 is 10.0 Å². The quantitative estimate of drug-likeness (QED) is 0.210. The average molecular weight is 525 g/mol. The highest BCUT2D eigenvalue weighted by Gasteiger charge is 2.22. The van der Waals surface area contributed by atoms with Gasteiger partial charge in [-0.05, 0) is 68.1 Å². The predicted octanol–water partition coefficient (Wildman–Crippen LogP) is 7.27. The molecular formula is C33H36N2O2S. The maximum absolute atomic E-state index is 12.4. The van der Waals surface area contributed by atoms with Crippen LogP contribution in [0.1, 0.15) is 28.4 Å². The third-order valence-corrected chi connectivity index (χ3v) is 8.61. The van der Waals surface area contributed by atoms with Gasteiger partial charge in [-0.15, -0.1) is 0 Å². The van der Waals surface area contributed by atoms with Crippen molar-refractivity contribution in [1.82, 2.24) is 4.31 Å². The molecule has 1 N–H and O–H groups in total. The Kier molecular flexibility index (Phi) is 9.52. The van der Waals surface area contributed by atoms with Crippen molar-refractivity contribution in [1.29, 1.82) is 0 Å². The minimum absolute atomic E-state index is 0.320. The Morgan fingerprint density at radius 1 is 0.789 bits per heavy atom. The van der Waals surface area contributed by atoms with E-state index >= 15 is 0 Å².